The van der Waals surface area contributed by atoms with Crippen LogP contribution in [-0.2, 0) is 27.3 Å². The zero-order valence-corrected chi connectivity index (χ0v) is 18.0. The van der Waals surface area contributed by atoms with E-state index in [-0.39, 0.29) is 30.5 Å². The number of H-pyrrole nitrogens is 1. The zero-order valence-electron chi connectivity index (χ0n) is 18.0. The van der Waals surface area contributed by atoms with Crippen LogP contribution in [0.15, 0.2) is 30.7 Å². The molecule has 1 aromatic carbocycles. The Balaban J connectivity index is 1.29. The molecular formula is C23H21N5O6. The summed E-state index contributed by atoms with van der Waals surface area (Å²) < 4.78 is 5.39. The van der Waals surface area contributed by atoms with Crippen molar-refractivity contribution in [3.63, 3.8) is 0 Å². The number of aromatic nitrogens is 3. The number of aromatic amines is 1. The Kier molecular flexibility index (Phi) is 5.44. The second-order valence-electron chi connectivity index (χ2n) is 8.39. The lowest BCUT2D eigenvalue weighted by Gasteiger charge is -2.31. The van der Waals surface area contributed by atoms with E-state index in [1.807, 2.05) is 12.1 Å². The molecule has 4 N–H and O–H groups in total. The van der Waals surface area contributed by atoms with E-state index in [0.29, 0.717) is 41.7 Å². The Hall–Kier alpha value is -4.28. The number of hydrogen-bond donors (Lipinski definition) is 4. The van der Waals surface area contributed by atoms with Gasteiger partial charge in [0.2, 0.25) is 5.91 Å². The summed E-state index contributed by atoms with van der Waals surface area (Å²) in [4.78, 5) is 59.3. The highest BCUT2D eigenvalue weighted by Crippen LogP contribution is 2.36. The van der Waals surface area contributed by atoms with Crippen molar-refractivity contribution in [1.82, 2.24) is 20.3 Å². The maximum absolute atomic E-state index is 12.8. The minimum Gasteiger partial charge on any atom is -0.486 e. The summed E-state index contributed by atoms with van der Waals surface area (Å²) in [6, 6.07) is 5.43. The van der Waals surface area contributed by atoms with Crippen molar-refractivity contribution in [2.45, 2.75) is 25.8 Å². The average Bonchev–Trinajstić information content (AvgIpc) is 3.18. The standard InChI is InChI=1S/C23H21N5O6/c29-13-6-12-5-11(1-4-17(12)34-9-13)7-25-22(31)20-19-18(26-10-27-20)16(8-24-19)28-21(30)14-2-3-15(14)23(32)33/h1,4-5,8,10,14-15,24H,2-3,6-7,9H2,(H,25,31)(H,28,30)(H,32,33)/t14-,15-/m1/s1. The second-order valence-corrected chi connectivity index (χ2v) is 8.39. The number of carboxylic acids is 1. The highest BCUT2D eigenvalue weighted by Gasteiger charge is 2.41. The van der Waals surface area contributed by atoms with E-state index in [1.54, 1.807) is 6.07 Å². The van der Waals surface area contributed by atoms with Crippen LogP contribution in [0.2, 0.25) is 0 Å². The van der Waals surface area contributed by atoms with E-state index in [9.17, 15) is 24.3 Å². The van der Waals surface area contributed by atoms with Crippen molar-refractivity contribution in [2.75, 3.05) is 11.9 Å². The molecule has 5 rings (SSSR count). The molecule has 34 heavy (non-hydrogen) atoms. The number of fused-ring (bicyclic) bond motifs is 2. The van der Waals surface area contributed by atoms with Crippen molar-refractivity contribution in [3.05, 3.63) is 47.5 Å². The van der Waals surface area contributed by atoms with Crippen LogP contribution in [0.3, 0.4) is 0 Å². The van der Waals surface area contributed by atoms with E-state index in [4.69, 9.17) is 4.74 Å². The molecule has 2 amide bonds. The van der Waals surface area contributed by atoms with E-state index >= 15 is 0 Å². The summed E-state index contributed by atoms with van der Waals surface area (Å²) >= 11 is 0. The third-order valence-electron chi connectivity index (χ3n) is 6.22. The largest absolute Gasteiger partial charge is 0.486 e. The molecule has 0 bridgehead atoms. The van der Waals surface area contributed by atoms with Gasteiger partial charge >= 0.3 is 5.97 Å². The van der Waals surface area contributed by atoms with Gasteiger partial charge < -0.3 is 25.5 Å². The molecule has 2 aliphatic rings. The van der Waals surface area contributed by atoms with Gasteiger partial charge in [0, 0.05) is 24.7 Å². The number of benzene rings is 1. The molecule has 2 atom stereocenters. The van der Waals surface area contributed by atoms with E-state index in [0.717, 1.165) is 11.1 Å². The lowest BCUT2D eigenvalue weighted by molar-refractivity contribution is -0.151. The first-order valence-electron chi connectivity index (χ1n) is 10.8. The van der Waals surface area contributed by atoms with Crippen LogP contribution >= 0.6 is 0 Å². The monoisotopic (exact) mass is 463 g/mol. The average molecular weight is 463 g/mol. The lowest BCUT2D eigenvalue weighted by atomic mass is 9.73. The van der Waals surface area contributed by atoms with E-state index < -0.39 is 23.7 Å². The number of aliphatic carboxylic acids is 1. The van der Waals surface area contributed by atoms with Crippen LogP contribution < -0.4 is 15.4 Å². The molecule has 1 fully saturated rings. The predicted octanol–water partition coefficient (Wildman–Crippen LogP) is 1.44. The molecule has 1 aliphatic heterocycles. The Labute approximate surface area is 192 Å². The van der Waals surface area contributed by atoms with Gasteiger partial charge in [-0.05, 0) is 30.5 Å². The number of nitrogens with one attached hydrogen (secondary N) is 3. The molecule has 2 aromatic heterocycles. The summed E-state index contributed by atoms with van der Waals surface area (Å²) in [6.45, 7) is 0.292. The normalized spacial score (nSPS) is 19.0. The number of anilines is 1. The van der Waals surface area contributed by atoms with Crippen LogP contribution in [0, 0.1) is 11.8 Å². The van der Waals surface area contributed by atoms with Gasteiger partial charge in [-0.2, -0.15) is 0 Å². The van der Waals surface area contributed by atoms with Gasteiger partial charge in [0.1, 0.15) is 24.2 Å². The molecule has 11 nitrogen and oxygen atoms in total. The first kappa shape index (κ1) is 21.6. The van der Waals surface area contributed by atoms with Gasteiger partial charge in [-0.1, -0.05) is 6.07 Å². The third kappa shape index (κ3) is 3.96. The number of rotatable bonds is 6. The van der Waals surface area contributed by atoms with Gasteiger partial charge in [0.25, 0.3) is 5.91 Å². The predicted molar refractivity (Wildman–Crippen MR) is 118 cm³/mol. The molecule has 3 heterocycles. The highest BCUT2D eigenvalue weighted by molar-refractivity contribution is 6.08. The molecule has 0 saturated heterocycles. The van der Waals surface area contributed by atoms with Crippen LogP contribution in [0.4, 0.5) is 5.69 Å². The molecule has 0 unspecified atom stereocenters. The topological polar surface area (TPSA) is 163 Å². The summed E-state index contributed by atoms with van der Waals surface area (Å²) in [5.41, 5.74) is 2.76. The number of Topliss-reactive ketones (excluding diaryl/α,β-unsaturated/α-hetero) is 1. The number of carbonyl (C=O) groups excluding carboxylic acids is 3. The van der Waals surface area contributed by atoms with Crippen molar-refractivity contribution >= 4 is 40.3 Å². The van der Waals surface area contributed by atoms with Gasteiger partial charge in [-0.15, -0.1) is 0 Å². The van der Waals surface area contributed by atoms with Crippen LogP contribution in [0.5, 0.6) is 5.75 Å². The van der Waals surface area contributed by atoms with Crippen molar-refractivity contribution in [3.8, 4) is 5.75 Å². The van der Waals surface area contributed by atoms with Crippen molar-refractivity contribution < 1.29 is 29.0 Å². The zero-order chi connectivity index (χ0) is 23.8. The summed E-state index contributed by atoms with van der Waals surface area (Å²) in [7, 11) is 0. The fraction of sp³-hybridized carbons (Fsp3) is 0.304. The Morgan fingerprint density at radius 3 is 2.76 bits per heavy atom. The lowest BCUT2D eigenvalue weighted by Crippen LogP contribution is -2.41. The molecular weight excluding hydrogens is 442 g/mol. The molecule has 0 radical (unpaired) electrons. The maximum atomic E-state index is 12.8. The minimum absolute atomic E-state index is 0.00231. The molecule has 0 spiro atoms. The summed E-state index contributed by atoms with van der Waals surface area (Å²) in [5, 5.41) is 14.7. The molecule has 3 aromatic rings. The first-order chi connectivity index (χ1) is 16.4. The molecule has 1 aliphatic carbocycles. The number of carbonyl (C=O) groups is 4. The fourth-order valence-corrected chi connectivity index (χ4v) is 4.25. The Bertz CT molecular complexity index is 1330. The number of hydrogen-bond acceptors (Lipinski definition) is 7. The number of nitrogens with zero attached hydrogens (tertiary/aromatic N) is 2. The van der Waals surface area contributed by atoms with E-state index in [2.05, 4.69) is 25.6 Å². The van der Waals surface area contributed by atoms with Crippen LogP contribution in [-0.4, -0.2) is 50.2 Å². The quantitative estimate of drug-likeness (QED) is 0.427. The molecule has 1 saturated carbocycles. The first-order valence-corrected chi connectivity index (χ1v) is 10.8. The van der Waals surface area contributed by atoms with E-state index in [1.165, 1.54) is 12.5 Å². The molecule has 174 valence electrons. The van der Waals surface area contributed by atoms with Gasteiger partial charge in [0.15, 0.2) is 11.5 Å². The SMILES string of the molecule is O=C1COc2ccc(CNC(=O)c3ncnc4c(NC(=O)[C@@H]5CC[C@H]5C(=O)O)c[nH]c34)cc2C1. The van der Waals surface area contributed by atoms with Crippen LogP contribution in [0.1, 0.15) is 34.5 Å². The van der Waals surface area contributed by atoms with Gasteiger partial charge in [-0.25, -0.2) is 9.97 Å². The number of amides is 2. The van der Waals surface area contributed by atoms with Crippen molar-refractivity contribution in [2.24, 2.45) is 11.8 Å². The summed E-state index contributed by atoms with van der Waals surface area (Å²) in [5.74, 6) is -2.42. The van der Waals surface area contributed by atoms with Crippen LogP contribution in [0.25, 0.3) is 11.0 Å². The Morgan fingerprint density at radius 2 is 2.00 bits per heavy atom. The third-order valence-corrected chi connectivity index (χ3v) is 6.22. The maximum Gasteiger partial charge on any atom is 0.307 e. The van der Waals surface area contributed by atoms with Gasteiger partial charge in [-0.3, -0.25) is 19.2 Å². The number of carboxylic acid groups (broad SMARTS) is 1. The Morgan fingerprint density at radius 1 is 1.18 bits per heavy atom. The number of ether oxygens (including phenoxy) is 1. The van der Waals surface area contributed by atoms with Gasteiger partial charge in [0.05, 0.1) is 23.0 Å². The molecule has 11 heteroatoms. The second kappa shape index (κ2) is 8.58. The number of ketones is 1. The fourth-order valence-electron chi connectivity index (χ4n) is 4.25. The summed E-state index contributed by atoms with van der Waals surface area (Å²) in [6.07, 6.45) is 4.02. The smallest absolute Gasteiger partial charge is 0.307 e. The minimum atomic E-state index is -0.982. The van der Waals surface area contributed by atoms with Crippen molar-refractivity contribution in [1.29, 1.82) is 0 Å². The highest BCUT2D eigenvalue weighted by atomic mass is 16.5.